The molecule has 2 fully saturated rings. The first-order valence-electron chi connectivity index (χ1n) is 7.72. The van der Waals surface area contributed by atoms with E-state index in [0.717, 1.165) is 13.0 Å². The average molecular weight is 287 g/mol. The molecule has 21 heavy (non-hydrogen) atoms. The van der Waals surface area contributed by atoms with Crippen molar-refractivity contribution in [1.29, 1.82) is 0 Å². The zero-order chi connectivity index (χ0) is 15.0. The standard InChI is InChI=1S/C17H21NO3/c1-11-10-18(15-8-3-2-7-14(11)15)16(19)12-5-4-6-13(9-12)17(20)21/h4-6,9,11,14-15H,2-3,7-8,10H2,1H3,(H,20,21). The monoisotopic (exact) mass is 287 g/mol. The maximum atomic E-state index is 12.8. The normalized spacial score (nSPS) is 28.2. The molecule has 1 heterocycles. The lowest BCUT2D eigenvalue weighted by Crippen LogP contribution is -2.39. The number of hydrogen-bond acceptors (Lipinski definition) is 2. The first-order valence-corrected chi connectivity index (χ1v) is 7.72. The second-order valence-electron chi connectivity index (χ2n) is 6.34. The van der Waals surface area contributed by atoms with Crippen LogP contribution in [0.1, 0.15) is 53.3 Å². The molecule has 1 saturated carbocycles. The van der Waals surface area contributed by atoms with E-state index in [9.17, 15) is 9.59 Å². The van der Waals surface area contributed by atoms with Gasteiger partial charge in [-0.3, -0.25) is 4.79 Å². The number of carboxylic acid groups (broad SMARTS) is 1. The van der Waals surface area contributed by atoms with Crippen LogP contribution in [0, 0.1) is 11.8 Å². The van der Waals surface area contributed by atoms with E-state index in [4.69, 9.17) is 5.11 Å². The van der Waals surface area contributed by atoms with Gasteiger partial charge in [-0.25, -0.2) is 4.79 Å². The summed E-state index contributed by atoms with van der Waals surface area (Å²) in [5.74, 6) is 0.154. The van der Waals surface area contributed by atoms with Gasteiger partial charge in [0.2, 0.25) is 0 Å². The van der Waals surface area contributed by atoms with Gasteiger partial charge in [0.1, 0.15) is 0 Å². The Morgan fingerprint density at radius 3 is 2.67 bits per heavy atom. The van der Waals surface area contributed by atoms with E-state index in [0.29, 0.717) is 23.4 Å². The van der Waals surface area contributed by atoms with Crippen LogP contribution in [-0.4, -0.2) is 34.5 Å². The van der Waals surface area contributed by atoms with E-state index >= 15 is 0 Å². The smallest absolute Gasteiger partial charge is 0.335 e. The number of hydrogen-bond donors (Lipinski definition) is 1. The zero-order valence-corrected chi connectivity index (χ0v) is 12.3. The number of likely N-dealkylation sites (tertiary alicyclic amines) is 1. The van der Waals surface area contributed by atoms with Crippen LogP contribution >= 0.6 is 0 Å². The molecular formula is C17H21NO3. The average Bonchev–Trinajstić information content (AvgIpc) is 2.84. The summed E-state index contributed by atoms with van der Waals surface area (Å²) in [5.41, 5.74) is 0.668. The lowest BCUT2D eigenvalue weighted by atomic mass is 9.80. The molecule has 1 aliphatic carbocycles. The quantitative estimate of drug-likeness (QED) is 0.909. The summed E-state index contributed by atoms with van der Waals surface area (Å²) >= 11 is 0. The highest BCUT2D eigenvalue weighted by molar-refractivity contribution is 5.97. The fourth-order valence-electron chi connectivity index (χ4n) is 3.96. The second-order valence-corrected chi connectivity index (χ2v) is 6.34. The van der Waals surface area contributed by atoms with Crippen LogP contribution < -0.4 is 0 Å². The molecule has 3 rings (SSSR count). The third kappa shape index (κ3) is 2.55. The van der Waals surface area contributed by atoms with Crippen LogP contribution in [0.4, 0.5) is 0 Å². The van der Waals surface area contributed by atoms with Crippen LogP contribution in [0.5, 0.6) is 0 Å². The maximum absolute atomic E-state index is 12.8. The van der Waals surface area contributed by atoms with Crippen molar-refractivity contribution in [3.63, 3.8) is 0 Å². The number of carboxylic acids is 1. The predicted molar refractivity (Wildman–Crippen MR) is 79.3 cm³/mol. The fourth-order valence-corrected chi connectivity index (χ4v) is 3.96. The summed E-state index contributed by atoms with van der Waals surface area (Å²) in [4.78, 5) is 25.8. The molecule has 0 spiro atoms. The number of nitrogens with zero attached hydrogens (tertiary/aromatic N) is 1. The molecule has 1 N–H and O–H groups in total. The summed E-state index contributed by atoms with van der Waals surface area (Å²) in [6.45, 7) is 3.02. The van der Waals surface area contributed by atoms with Crippen molar-refractivity contribution < 1.29 is 14.7 Å². The van der Waals surface area contributed by atoms with Gasteiger partial charge in [0.15, 0.2) is 0 Å². The summed E-state index contributed by atoms with van der Waals surface area (Å²) in [7, 11) is 0. The van der Waals surface area contributed by atoms with Crippen LogP contribution in [0.3, 0.4) is 0 Å². The Morgan fingerprint density at radius 2 is 1.90 bits per heavy atom. The number of carbonyl (C=O) groups is 2. The number of amides is 1. The maximum Gasteiger partial charge on any atom is 0.335 e. The third-order valence-electron chi connectivity index (χ3n) is 5.01. The van der Waals surface area contributed by atoms with Crippen LogP contribution in [0.15, 0.2) is 24.3 Å². The highest BCUT2D eigenvalue weighted by Crippen LogP contribution is 2.40. The first-order chi connectivity index (χ1) is 10.1. The molecule has 112 valence electrons. The number of aromatic carboxylic acids is 1. The van der Waals surface area contributed by atoms with E-state index in [1.807, 2.05) is 4.90 Å². The summed E-state index contributed by atoms with van der Waals surface area (Å²) in [6.07, 6.45) is 4.75. The molecule has 1 aliphatic heterocycles. The van der Waals surface area contributed by atoms with Gasteiger partial charge in [-0.05, 0) is 42.9 Å². The number of carbonyl (C=O) groups excluding carboxylic acids is 1. The minimum absolute atomic E-state index is 0.0145. The topological polar surface area (TPSA) is 57.6 Å². The molecule has 0 bridgehead atoms. The van der Waals surface area contributed by atoms with Crippen molar-refractivity contribution in [3.8, 4) is 0 Å². The minimum atomic E-state index is -0.991. The first kappa shape index (κ1) is 14.1. The van der Waals surface area contributed by atoms with Crippen LogP contribution in [0.2, 0.25) is 0 Å². The Kier molecular flexibility index (Phi) is 3.70. The predicted octanol–water partition coefficient (Wildman–Crippen LogP) is 3.04. The Bertz CT molecular complexity index is 569. The van der Waals surface area contributed by atoms with E-state index < -0.39 is 5.97 Å². The molecule has 1 aromatic carbocycles. The highest BCUT2D eigenvalue weighted by atomic mass is 16.4. The molecule has 4 nitrogen and oxygen atoms in total. The van der Waals surface area contributed by atoms with E-state index in [1.54, 1.807) is 12.1 Å². The molecule has 0 aromatic heterocycles. The van der Waals surface area contributed by atoms with E-state index in [-0.39, 0.29) is 11.5 Å². The van der Waals surface area contributed by atoms with Gasteiger partial charge < -0.3 is 10.0 Å². The second kappa shape index (κ2) is 5.51. The van der Waals surface area contributed by atoms with Crippen molar-refractivity contribution >= 4 is 11.9 Å². The summed E-state index contributed by atoms with van der Waals surface area (Å²) < 4.78 is 0. The SMILES string of the molecule is CC1CN(C(=O)c2cccc(C(=O)O)c2)C2CCCCC12. The summed E-state index contributed by atoms with van der Waals surface area (Å²) in [6, 6.07) is 6.72. The number of benzene rings is 1. The van der Waals surface area contributed by atoms with Crippen molar-refractivity contribution in [3.05, 3.63) is 35.4 Å². The molecule has 1 saturated heterocycles. The van der Waals surface area contributed by atoms with Crippen molar-refractivity contribution in [2.45, 2.75) is 38.6 Å². The Morgan fingerprint density at radius 1 is 1.19 bits per heavy atom. The van der Waals surface area contributed by atoms with Crippen molar-refractivity contribution in [2.75, 3.05) is 6.54 Å². The highest BCUT2D eigenvalue weighted by Gasteiger charge is 2.42. The van der Waals surface area contributed by atoms with Crippen molar-refractivity contribution in [1.82, 2.24) is 4.90 Å². The van der Waals surface area contributed by atoms with Gasteiger partial charge in [-0.15, -0.1) is 0 Å². The van der Waals surface area contributed by atoms with Gasteiger partial charge >= 0.3 is 5.97 Å². The van der Waals surface area contributed by atoms with Crippen molar-refractivity contribution in [2.24, 2.45) is 11.8 Å². The van der Waals surface area contributed by atoms with Crippen LogP contribution in [-0.2, 0) is 0 Å². The van der Waals surface area contributed by atoms with Gasteiger partial charge in [0.25, 0.3) is 5.91 Å². The van der Waals surface area contributed by atoms with E-state index in [1.165, 1.54) is 31.4 Å². The Balaban J connectivity index is 1.85. The molecule has 4 heteroatoms. The zero-order valence-electron chi connectivity index (χ0n) is 12.3. The van der Waals surface area contributed by atoms with Gasteiger partial charge in [-0.2, -0.15) is 0 Å². The third-order valence-corrected chi connectivity index (χ3v) is 5.01. The lowest BCUT2D eigenvalue weighted by molar-refractivity contribution is 0.0690. The largest absolute Gasteiger partial charge is 0.478 e. The van der Waals surface area contributed by atoms with Crippen LogP contribution in [0.25, 0.3) is 0 Å². The molecule has 3 atom stereocenters. The molecule has 1 amide bonds. The van der Waals surface area contributed by atoms with Gasteiger partial charge in [-0.1, -0.05) is 25.8 Å². The number of rotatable bonds is 2. The van der Waals surface area contributed by atoms with Gasteiger partial charge in [0.05, 0.1) is 5.56 Å². The molecule has 2 aliphatic rings. The Labute approximate surface area is 124 Å². The molecule has 0 radical (unpaired) electrons. The van der Waals surface area contributed by atoms with Gasteiger partial charge in [0, 0.05) is 18.2 Å². The minimum Gasteiger partial charge on any atom is -0.478 e. The lowest BCUT2D eigenvalue weighted by Gasteiger charge is -2.32. The summed E-state index contributed by atoms with van der Waals surface area (Å²) in [5, 5.41) is 9.06. The Hall–Kier alpha value is -1.84. The van der Waals surface area contributed by atoms with E-state index in [2.05, 4.69) is 6.92 Å². The molecular weight excluding hydrogens is 266 g/mol. The number of fused-ring (bicyclic) bond motifs is 1. The molecule has 1 aromatic rings. The molecule has 3 unspecified atom stereocenters. The fraction of sp³-hybridized carbons (Fsp3) is 0.529.